The van der Waals surface area contributed by atoms with E-state index in [4.69, 9.17) is 0 Å². The molecule has 0 bridgehead atoms. The molecule has 0 rings (SSSR count). The van der Waals surface area contributed by atoms with Crippen LogP contribution in [0.25, 0.3) is 0 Å². The minimum absolute atomic E-state index is 1.37. The number of hydrogen-bond acceptors (Lipinski definition) is 2. The highest BCUT2D eigenvalue weighted by atomic mass is 15.0. The lowest BCUT2D eigenvalue weighted by Gasteiger charge is -2.03. The molecular weight excluding hydrogens is 244 g/mol. The Hall–Kier alpha value is -0.0800. The minimum Gasteiger partial charge on any atom is -0.274 e. The first-order valence-corrected chi connectivity index (χ1v) is 9.25. The van der Waals surface area contributed by atoms with Gasteiger partial charge in [0.05, 0.1) is 0 Å². The number of rotatable bonds is 15. The molecule has 0 heterocycles. The van der Waals surface area contributed by atoms with Crippen LogP contribution in [0.15, 0.2) is 0 Å². The molecule has 0 aromatic rings. The molecule has 0 aromatic carbocycles. The first-order chi connectivity index (χ1) is 9.91. The zero-order chi connectivity index (χ0) is 15.3. The summed E-state index contributed by atoms with van der Waals surface area (Å²) >= 11 is 0. The average molecular weight is 287 g/mol. The minimum atomic E-state index is 1.37. The van der Waals surface area contributed by atoms with Gasteiger partial charge in [-0.05, 0) is 0 Å². The summed E-state index contributed by atoms with van der Waals surface area (Å²) in [6.07, 6.45) is 23.4. The van der Waals surface area contributed by atoms with Gasteiger partial charge in [0.15, 0.2) is 0 Å². The van der Waals surface area contributed by atoms with Crippen molar-refractivity contribution in [2.45, 2.75) is 117 Å². The highest BCUT2D eigenvalue weighted by Gasteiger charge is 1.93. The number of unbranched alkanes of at least 4 members (excludes halogenated alkanes) is 15. The number of nitrogens with two attached hydrogens (primary N) is 2. The zero-order valence-electron chi connectivity index (χ0n) is 14.5. The quantitative estimate of drug-likeness (QED) is 0.217. The molecule has 0 saturated carbocycles. The normalized spacial score (nSPS) is 10.2. The molecule has 0 atom stereocenters. The summed E-state index contributed by atoms with van der Waals surface area (Å²) < 4.78 is 0. The largest absolute Gasteiger partial charge is 0.274 e. The summed E-state index contributed by atoms with van der Waals surface area (Å²) in [5, 5.41) is 0. The van der Waals surface area contributed by atoms with Gasteiger partial charge in [-0.3, -0.25) is 11.7 Å². The van der Waals surface area contributed by atoms with Crippen molar-refractivity contribution in [2.24, 2.45) is 11.7 Å². The number of hydrazine groups is 1. The van der Waals surface area contributed by atoms with Gasteiger partial charge in [-0.1, -0.05) is 117 Å². The average Bonchev–Trinajstić information content (AvgIpc) is 2.50. The maximum absolute atomic E-state index is 4.00. The van der Waals surface area contributed by atoms with Crippen molar-refractivity contribution in [3.8, 4) is 0 Å². The van der Waals surface area contributed by atoms with Crippen LogP contribution in [0.2, 0.25) is 0 Å². The van der Waals surface area contributed by atoms with Gasteiger partial charge < -0.3 is 0 Å². The van der Waals surface area contributed by atoms with Crippen LogP contribution in [0.3, 0.4) is 0 Å². The fraction of sp³-hybridized carbons (Fsp3) is 1.00. The van der Waals surface area contributed by atoms with Gasteiger partial charge in [0, 0.05) is 0 Å². The van der Waals surface area contributed by atoms with Gasteiger partial charge in [0.1, 0.15) is 0 Å². The standard InChI is InChI=1S/C18H38.H4N2/c1-3-5-7-9-11-13-15-17-18-16-14-12-10-8-6-4-2;1-2/h3-18H2,1-2H3;1-2H2. The maximum Gasteiger partial charge on any atom is -0.0533 e. The summed E-state index contributed by atoms with van der Waals surface area (Å²) in [4.78, 5) is 0. The van der Waals surface area contributed by atoms with Crippen LogP contribution < -0.4 is 11.7 Å². The van der Waals surface area contributed by atoms with E-state index in [-0.39, 0.29) is 0 Å². The maximum atomic E-state index is 4.00. The predicted molar refractivity (Wildman–Crippen MR) is 93.6 cm³/mol. The molecule has 4 N–H and O–H groups in total. The van der Waals surface area contributed by atoms with Crippen LogP contribution in [-0.4, -0.2) is 0 Å². The third kappa shape index (κ3) is 23.0. The van der Waals surface area contributed by atoms with Crippen molar-refractivity contribution in [1.29, 1.82) is 0 Å². The van der Waals surface area contributed by atoms with Crippen molar-refractivity contribution < 1.29 is 0 Å². The second kappa shape index (κ2) is 24.0. The van der Waals surface area contributed by atoms with Gasteiger partial charge in [-0.2, -0.15) is 0 Å². The summed E-state index contributed by atoms with van der Waals surface area (Å²) in [5.41, 5.74) is 0. The van der Waals surface area contributed by atoms with E-state index in [1.165, 1.54) is 103 Å². The smallest absolute Gasteiger partial charge is 0.0533 e. The molecule has 0 amide bonds. The van der Waals surface area contributed by atoms with Gasteiger partial charge in [-0.25, -0.2) is 0 Å². The van der Waals surface area contributed by atoms with E-state index in [1.807, 2.05) is 0 Å². The van der Waals surface area contributed by atoms with E-state index in [1.54, 1.807) is 0 Å². The van der Waals surface area contributed by atoms with Gasteiger partial charge in [0.2, 0.25) is 0 Å². The Morgan fingerprint density at radius 1 is 0.350 bits per heavy atom. The summed E-state index contributed by atoms with van der Waals surface area (Å²) in [6.45, 7) is 4.59. The Bertz CT molecular complexity index is 121. The second-order valence-electron chi connectivity index (χ2n) is 5.95. The van der Waals surface area contributed by atoms with E-state index in [0.29, 0.717) is 0 Å². The third-order valence-corrected chi connectivity index (χ3v) is 3.96. The highest BCUT2D eigenvalue weighted by Crippen LogP contribution is 2.13. The zero-order valence-corrected chi connectivity index (χ0v) is 14.5. The van der Waals surface area contributed by atoms with Crippen LogP contribution >= 0.6 is 0 Å². The molecule has 20 heavy (non-hydrogen) atoms. The highest BCUT2D eigenvalue weighted by molar-refractivity contribution is 4.49. The fourth-order valence-corrected chi connectivity index (χ4v) is 2.62. The van der Waals surface area contributed by atoms with Crippen molar-refractivity contribution >= 4 is 0 Å². The molecule has 0 radical (unpaired) electrons. The molecule has 124 valence electrons. The fourth-order valence-electron chi connectivity index (χ4n) is 2.62. The molecule has 0 aliphatic heterocycles. The molecule has 0 aliphatic rings. The Balaban J connectivity index is 0. The Morgan fingerprint density at radius 2 is 0.500 bits per heavy atom. The van der Waals surface area contributed by atoms with Crippen LogP contribution in [0.4, 0.5) is 0 Å². The molecule has 0 saturated heterocycles. The lowest BCUT2D eigenvalue weighted by atomic mass is 10.0. The van der Waals surface area contributed by atoms with Crippen LogP contribution in [0.1, 0.15) is 117 Å². The molecule has 2 heteroatoms. The first kappa shape index (κ1) is 22.2. The van der Waals surface area contributed by atoms with Gasteiger partial charge in [0.25, 0.3) is 0 Å². The summed E-state index contributed by atoms with van der Waals surface area (Å²) in [6, 6.07) is 0. The lowest BCUT2D eigenvalue weighted by molar-refractivity contribution is 0.531. The van der Waals surface area contributed by atoms with E-state index in [9.17, 15) is 0 Å². The Kier molecular flexibility index (Phi) is 26.6. The topological polar surface area (TPSA) is 52.0 Å². The van der Waals surface area contributed by atoms with Crippen LogP contribution in [-0.2, 0) is 0 Å². The van der Waals surface area contributed by atoms with E-state index >= 15 is 0 Å². The molecular formula is C18H42N2. The van der Waals surface area contributed by atoms with E-state index in [0.717, 1.165) is 0 Å². The second-order valence-corrected chi connectivity index (χ2v) is 5.95. The Morgan fingerprint density at radius 3 is 0.650 bits per heavy atom. The molecule has 0 fully saturated rings. The first-order valence-electron chi connectivity index (χ1n) is 9.25. The van der Waals surface area contributed by atoms with Crippen LogP contribution in [0.5, 0.6) is 0 Å². The molecule has 0 aliphatic carbocycles. The molecule has 0 aromatic heterocycles. The molecule has 0 spiro atoms. The van der Waals surface area contributed by atoms with Crippen molar-refractivity contribution in [3.05, 3.63) is 0 Å². The monoisotopic (exact) mass is 286 g/mol. The third-order valence-electron chi connectivity index (χ3n) is 3.96. The molecule has 2 nitrogen and oxygen atoms in total. The molecule has 0 unspecified atom stereocenters. The Labute approximate surface area is 129 Å². The van der Waals surface area contributed by atoms with Crippen molar-refractivity contribution in [1.82, 2.24) is 0 Å². The summed E-state index contributed by atoms with van der Waals surface area (Å²) in [5.74, 6) is 8.00. The van der Waals surface area contributed by atoms with E-state index in [2.05, 4.69) is 25.5 Å². The number of hydrogen-bond donors (Lipinski definition) is 2. The van der Waals surface area contributed by atoms with Crippen molar-refractivity contribution in [3.63, 3.8) is 0 Å². The van der Waals surface area contributed by atoms with E-state index < -0.39 is 0 Å². The SMILES string of the molecule is CCCCCCCCCCCCCCCCCC.NN. The van der Waals surface area contributed by atoms with Gasteiger partial charge in [-0.15, -0.1) is 0 Å². The lowest BCUT2D eigenvalue weighted by Crippen LogP contribution is -2.02. The predicted octanol–water partition coefficient (Wildman–Crippen LogP) is 6.09. The summed E-state index contributed by atoms with van der Waals surface area (Å²) in [7, 11) is 0. The van der Waals surface area contributed by atoms with Gasteiger partial charge >= 0.3 is 0 Å². The van der Waals surface area contributed by atoms with Crippen molar-refractivity contribution in [2.75, 3.05) is 0 Å². The van der Waals surface area contributed by atoms with Crippen LogP contribution in [0, 0.1) is 0 Å².